The molecule has 8 heteroatoms. The van der Waals surface area contributed by atoms with E-state index in [1.54, 1.807) is 0 Å². The lowest BCUT2D eigenvalue weighted by Gasteiger charge is -2.29. The normalized spacial score (nSPS) is 17.2. The van der Waals surface area contributed by atoms with E-state index in [1.165, 1.54) is 0 Å². The van der Waals surface area contributed by atoms with Gasteiger partial charge in [-0.1, -0.05) is 0 Å². The first-order chi connectivity index (χ1) is 9.01. The van der Waals surface area contributed by atoms with E-state index >= 15 is 0 Å². The van der Waals surface area contributed by atoms with Crippen LogP contribution in [0.1, 0.15) is 12.8 Å². The highest BCUT2D eigenvalue weighted by Gasteiger charge is 2.27. The highest BCUT2D eigenvalue weighted by atomic mass is 35.5. The molecule has 0 aromatic heterocycles. The number of halogens is 4. The molecule has 2 N–H and O–H groups in total. The number of aliphatic hydroxyl groups excluding tert-OH is 1. The molecule has 0 aliphatic carbocycles. The predicted molar refractivity (Wildman–Crippen MR) is 73.2 cm³/mol. The van der Waals surface area contributed by atoms with Crippen molar-refractivity contribution in [3.05, 3.63) is 0 Å². The van der Waals surface area contributed by atoms with Crippen LogP contribution in [0.5, 0.6) is 0 Å². The molecule has 0 unspecified atom stereocenters. The minimum absolute atomic E-state index is 0. The Morgan fingerprint density at radius 3 is 2.40 bits per heavy atom. The van der Waals surface area contributed by atoms with Gasteiger partial charge in [-0.2, -0.15) is 13.2 Å². The van der Waals surface area contributed by atoms with Crippen LogP contribution in [0, 0.1) is 5.92 Å². The quantitative estimate of drug-likeness (QED) is 0.661. The number of ether oxygens (including phenoxy) is 1. The molecule has 0 amide bonds. The van der Waals surface area contributed by atoms with E-state index < -0.39 is 12.8 Å². The van der Waals surface area contributed by atoms with Gasteiger partial charge in [-0.05, 0) is 31.8 Å². The van der Waals surface area contributed by atoms with E-state index in [0.717, 1.165) is 32.5 Å². The second-order valence-corrected chi connectivity index (χ2v) is 4.89. The fourth-order valence-electron chi connectivity index (χ4n) is 2.25. The number of rotatable bonds is 8. The molecule has 20 heavy (non-hydrogen) atoms. The van der Waals surface area contributed by atoms with Crippen LogP contribution in [0.25, 0.3) is 0 Å². The van der Waals surface area contributed by atoms with Crippen LogP contribution in [0.2, 0.25) is 0 Å². The number of nitrogens with zero attached hydrogens (tertiary/aromatic N) is 1. The molecule has 1 heterocycles. The zero-order chi connectivity index (χ0) is 14.1. The lowest BCUT2D eigenvalue weighted by atomic mass is 9.97. The summed E-state index contributed by atoms with van der Waals surface area (Å²) in [6, 6.07) is 0. The fraction of sp³-hybridized carbons (Fsp3) is 1.00. The van der Waals surface area contributed by atoms with Gasteiger partial charge in [0.1, 0.15) is 6.61 Å². The first-order valence-electron chi connectivity index (χ1n) is 6.69. The Labute approximate surface area is 124 Å². The third-order valence-corrected chi connectivity index (χ3v) is 3.21. The van der Waals surface area contributed by atoms with E-state index in [-0.39, 0.29) is 25.6 Å². The van der Waals surface area contributed by atoms with Crippen molar-refractivity contribution in [2.24, 2.45) is 5.92 Å². The number of aliphatic hydroxyl groups is 1. The van der Waals surface area contributed by atoms with Crippen LogP contribution in [0.4, 0.5) is 13.2 Å². The van der Waals surface area contributed by atoms with Crippen LogP contribution >= 0.6 is 12.4 Å². The molecule has 4 nitrogen and oxygen atoms in total. The van der Waals surface area contributed by atoms with Gasteiger partial charge in [0.25, 0.3) is 0 Å². The molecular formula is C12H24ClF3N2O2. The van der Waals surface area contributed by atoms with Crippen molar-refractivity contribution in [3.63, 3.8) is 0 Å². The van der Waals surface area contributed by atoms with Crippen molar-refractivity contribution in [1.82, 2.24) is 10.2 Å². The Hall–Kier alpha value is -0.0800. The zero-order valence-electron chi connectivity index (χ0n) is 11.5. The van der Waals surface area contributed by atoms with Crippen molar-refractivity contribution < 1.29 is 23.0 Å². The molecule has 0 saturated carbocycles. The summed E-state index contributed by atoms with van der Waals surface area (Å²) >= 11 is 0. The Bertz CT molecular complexity index is 239. The molecule has 0 bridgehead atoms. The van der Waals surface area contributed by atoms with Gasteiger partial charge >= 0.3 is 6.18 Å². The molecule has 1 aliphatic heterocycles. The zero-order valence-corrected chi connectivity index (χ0v) is 12.3. The lowest BCUT2D eigenvalue weighted by molar-refractivity contribution is -0.174. The summed E-state index contributed by atoms with van der Waals surface area (Å²) in [4.78, 5) is 1.98. The molecule has 1 saturated heterocycles. The Kier molecular flexibility index (Phi) is 10.6. The fourth-order valence-corrected chi connectivity index (χ4v) is 2.25. The minimum Gasteiger partial charge on any atom is -0.395 e. The third-order valence-electron chi connectivity index (χ3n) is 3.21. The lowest BCUT2D eigenvalue weighted by Crippen LogP contribution is -2.39. The molecule has 0 spiro atoms. The number of piperidine rings is 1. The molecule has 0 atom stereocenters. The summed E-state index contributed by atoms with van der Waals surface area (Å²) in [5.41, 5.74) is 0. The van der Waals surface area contributed by atoms with Crippen LogP contribution < -0.4 is 5.32 Å². The van der Waals surface area contributed by atoms with E-state index in [4.69, 9.17) is 5.11 Å². The molecule has 0 aromatic carbocycles. The van der Waals surface area contributed by atoms with E-state index in [0.29, 0.717) is 19.0 Å². The van der Waals surface area contributed by atoms with Gasteiger partial charge in [-0.25, -0.2) is 0 Å². The highest BCUT2D eigenvalue weighted by Crippen LogP contribution is 2.15. The van der Waals surface area contributed by atoms with Gasteiger partial charge in [0.15, 0.2) is 0 Å². The van der Waals surface area contributed by atoms with Crippen LogP contribution in [0.3, 0.4) is 0 Å². The van der Waals surface area contributed by atoms with Gasteiger partial charge < -0.3 is 15.2 Å². The van der Waals surface area contributed by atoms with Crippen molar-refractivity contribution in [1.29, 1.82) is 0 Å². The first-order valence-corrected chi connectivity index (χ1v) is 6.69. The maximum Gasteiger partial charge on any atom is 0.411 e. The molecular weight excluding hydrogens is 297 g/mol. The Morgan fingerprint density at radius 1 is 1.20 bits per heavy atom. The topological polar surface area (TPSA) is 44.7 Å². The minimum atomic E-state index is -4.27. The van der Waals surface area contributed by atoms with Crippen LogP contribution in [-0.2, 0) is 4.74 Å². The van der Waals surface area contributed by atoms with Crippen LogP contribution in [-0.4, -0.2) is 68.7 Å². The predicted octanol–water partition coefficient (Wildman–Crippen LogP) is 1.28. The second kappa shape index (κ2) is 10.6. The highest BCUT2D eigenvalue weighted by molar-refractivity contribution is 5.85. The molecule has 1 fully saturated rings. The summed E-state index contributed by atoms with van der Waals surface area (Å²) in [7, 11) is 0. The smallest absolute Gasteiger partial charge is 0.395 e. The summed E-state index contributed by atoms with van der Waals surface area (Å²) in [5.74, 6) is 0.551. The number of hydrogen-bond acceptors (Lipinski definition) is 4. The van der Waals surface area contributed by atoms with E-state index in [9.17, 15) is 13.2 Å². The number of hydrogen-bond donors (Lipinski definition) is 2. The van der Waals surface area contributed by atoms with Gasteiger partial charge in [-0.15, -0.1) is 12.4 Å². The number of nitrogens with one attached hydrogen (secondary N) is 1. The average Bonchev–Trinajstić information content (AvgIpc) is 2.35. The SMILES string of the molecule is Cl.OCCN(CCOCC(F)(F)F)CC1CCNCC1. The maximum atomic E-state index is 11.9. The molecule has 0 radical (unpaired) electrons. The molecule has 0 aromatic rings. The van der Waals surface area contributed by atoms with Crippen molar-refractivity contribution in [3.8, 4) is 0 Å². The summed E-state index contributed by atoms with van der Waals surface area (Å²) < 4.78 is 40.3. The first kappa shape index (κ1) is 19.9. The molecule has 1 aliphatic rings. The second-order valence-electron chi connectivity index (χ2n) is 4.89. The van der Waals surface area contributed by atoms with Crippen molar-refractivity contribution in [2.75, 3.05) is 52.5 Å². The monoisotopic (exact) mass is 320 g/mol. The summed E-state index contributed by atoms with van der Waals surface area (Å²) in [6.45, 7) is 2.57. The van der Waals surface area contributed by atoms with Gasteiger partial charge in [0.2, 0.25) is 0 Å². The van der Waals surface area contributed by atoms with Gasteiger partial charge in [0, 0.05) is 19.6 Å². The third kappa shape index (κ3) is 9.77. The largest absolute Gasteiger partial charge is 0.411 e. The average molecular weight is 321 g/mol. The summed E-state index contributed by atoms with van der Waals surface area (Å²) in [5, 5.41) is 12.2. The van der Waals surface area contributed by atoms with Gasteiger partial charge in [0.05, 0.1) is 13.2 Å². The molecule has 1 rings (SSSR count). The molecule has 122 valence electrons. The van der Waals surface area contributed by atoms with Crippen LogP contribution in [0.15, 0.2) is 0 Å². The van der Waals surface area contributed by atoms with Crippen molar-refractivity contribution in [2.45, 2.75) is 19.0 Å². The Morgan fingerprint density at radius 2 is 1.85 bits per heavy atom. The Balaban J connectivity index is 0.00000361. The van der Waals surface area contributed by atoms with E-state index in [2.05, 4.69) is 10.1 Å². The number of alkyl halides is 3. The van der Waals surface area contributed by atoms with Crippen molar-refractivity contribution >= 4 is 12.4 Å². The van der Waals surface area contributed by atoms with Gasteiger partial charge in [-0.3, -0.25) is 4.90 Å². The summed E-state index contributed by atoms with van der Waals surface area (Å²) in [6.07, 6.45) is -2.12. The van der Waals surface area contributed by atoms with E-state index in [1.807, 2.05) is 4.90 Å². The standard InChI is InChI=1S/C12H23F3N2O2.ClH/c13-12(14,15)10-19-8-6-17(5-7-18)9-11-1-3-16-4-2-11;/h11,16,18H,1-10H2;1H. The maximum absolute atomic E-state index is 11.9.